The number of esters is 1. The van der Waals surface area contributed by atoms with Gasteiger partial charge in [0, 0.05) is 6.07 Å². The maximum Gasteiger partial charge on any atom is 0.573 e. The molecule has 2 aromatic carbocycles. The molecule has 158 valence electrons. The Morgan fingerprint density at radius 2 is 1.55 bits per heavy atom. The first kappa shape index (κ1) is 22.1. The highest BCUT2D eigenvalue weighted by Gasteiger charge is 2.35. The summed E-state index contributed by atoms with van der Waals surface area (Å²) in [5.41, 5.74) is -2.41. The monoisotopic (exact) mass is 428 g/mol. The molecule has 0 amide bonds. The number of alkyl halides is 6. The van der Waals surface area contributed by atoms with E-state index in [4.69, 9.17) is 9.47 Å². The van der Waals surface area contributed by atoms with Crippen LogP contribution in [0.5, 0.6) is 23.0 Å². The highest BCUT2D eigenvalue weighted by atomic mass is 19.4. The molecule has 0 saturated carbocycles. The van der Waals surface area contributed by atoms with Gasteiger partial charge in [0.25, 0.3) is 0 Å². The molecule has 2 rings (SSSR count). The summed E-state index contributed by atoms with van der Waals surface area (Å²) >= 11 is 0. The summed E-state index contributed by atoms with van der Waals surface area (Å²) in [6, 6.07) is 2.82. The van der Waals surface area contributed by atoms with Crippen molar-refractivity contribution >= 4 is 5.97 Å². The third kappa shape index (κ3) is 5.42. The van der Waals surface area contributed by atoms with Gasteiger partial charge < -0.3 is 18.9 Å². The lowest BCUT2D eigenvalue weighted by atomic mass is 10.1. The van der Waals surface area contributed by atoms with Crippen molar-refractivity contribution in [1.29, 1.82) is 0 Å². The minimum Gasteiger partial charge on any atom is -0.493 e. The van der Waals surface area contributed by atoms with E-state index in [0.29, 0.717) is 6.07 Å². The molecule has 0 atom stereocenters. The van der Waals surface area contributed by atoms with Crippen LogP contribution in [0.1, 0.15) is 15.9 Å². The molecule has 0 spiro atoms. The molecule has 0 bridgehead atoms. The first-order valence-corrected chi connectivity index (χ1v) is 7.46. The van der Waals surface area contributed by atoms with E-state index < -0.39 is 52.7 Å². The van der Waals surface area contributed by atoms with Gasteiger partial charge >= 0.3 is 18.5 Å². The molecule has 0 aliphatic heterocycles. The van der Waals surface area contributed by atoms with Crippen molar-refractivity contribution in [1.82, 2.24) is 0 Å². The largest absolute Gasteiger partial charge is 0.573 e. The number of carbonyl (C=O) groups excluding carboxylic acids is 1. The van der Waals surface area contributed by atoms with Gasteiger partial charge in [0.1, 0.15) is 22.9 Å². The predicted octanol–water partition coefficient (Wildman–Crippen LogP) is 5.33. The van der Waals surface area contributed by atoms with E-state index in [2.05, 4.69) is 9.47 Å². The minimum absolute atomic E-state index is 0.0800. The van der Waals surface area contributed by atoms with E-state index in [0.717, 1.165) is 32.4 Å². The Labute approximate surface area is 158 Å². The Hall–Kier alpha value is -3.18. The Bertz CT molecular complexity index is 906. The SMILES string of the molecule is COC(=O)c1c(F)cc(C(F)(F)F)cc1Oc1ccc(OC(F)(F)F)cc1OC. The van der Waals surface area contributed by atoms with E-state index in [1.807, 2.05) is 0 Å². The molecule has 0 unspecified atom stereocenters. The molecular formula is C17H11F7O5. The maximum absolute atomic E-state index is 14.2. The van der Waals surface area contributed by atoms with Gasteiger partial charge in [-0.2, -0.15) is 13.2 Å². The summed E-state index contributed by atoms with van der Waals surface area (Å²) < 4.78 is 108. The molecule has 0 radical (unpaired) electrons. The Morgan fingerprint density at radius 1 is 0.897 bits per heavy atom. The first-order chi connectivity index (χ1) is 13.4. The van der Waals surface area contributed by atoms with Crippen LogP contribution in [-0.4, -0.2) is 26.6 Å². The van der Waals surface area contributed by atoms with Crippen molar-refractivity contribution in [2.24, 2.45) is 0 Å². The summed E-state index contributed by atoms with van der Waals surface area (Å²) in [6.45, 7) is 0. The Kier molecular flexibility index (Phi) is 6.14. The van der Waals surface area contributed by atoms with Gasteiger partial charge in [-0.1, -0.05) is 0 Å². The van der Waals surface area contributed by atoms with Gasteiger partial charge in [-0.15, -0.1) is 13.2 Å². The van der Waals surface area contributed by atoms with E-state index in [1.54, 1.807) is 0 Å². The standard InChI is InChI=1S/C17H11F7O5/c1-26-12-7-9(29-17(22,23)24)3-4-11(12)28-13-6-8(16(19,20)21)5-10(18)14(13)15(25)27-2/h3-7H,1-2H3. The summed E-state index contributed by atoms with van der Waals surface area (Å²) in [4.78, 5) is 11.8. The smallest absolute Gasteiger partial charge is 0.493 e. The molecule has 0 N–H and O–H groups in total. The van der Waals surface area contributed by atoms with Crippen LogP contribution < -0.4 is 14.2 Å². The maximum atomic E-state index is 14.2. The van der Waals surface area contributed by atoms with E-state index >= 15 is 0 Å². The summed E-state index contributed by atoms with van der Waals surface area (Å²) in [5, 5.41) is 0. The molecule has 5 nitrogen and oxygen atoms in total. The number of hydrogen-bond acceptors (Lipinski definition) is 5. The van der Waals surface area contributed by atoms with E-state index in [1.165, 1.54) is 0 Å². The third-order valence-corrected chi connectivity index (χ3v) is 3.36. The quantitative estimate of drug-likeness (QED) is 0.476. The Balaban J connectivity index is 2.54. The van der Waals surface area contributed by atoms with Crippen molar-refractivity contribution in [3.05, 3.63) is 47.3 Å². The van der Waals surface area contributed by atoms with Crippen LogP contribution in [0.15, 0.2) is 30.3 Å². The molecule has 29 heavy (non-hydrogen) atoms. The molecular weight excluding hydrogens is 417 g/mol. The molecule has 2 aromatic rings. The Morgan fingerprint density at radius 3 is 2.07 bits per heavy atom. The molecule has 0 aliphatic carbocycles. The zero-order chi connectivity index (χ0) is 22.0. The van der Waals surface area contributed by atoms with Gasteiger partial charge in [0.05, 0.1) is 19.8 Å². The average molecular weight is 428 g/mol. The van der Waals surface area contributed by atoms with Crippen LogP contribution in [0.4, 0.5) is 30.7 Å². The fourth-order valence-electron chi connectivity index (χ4n) is 2.17. The molecule has 0 saturated heterocycles. The van der Waals surface area contributed by atoms with Gasteiger partial charge in [0.15, 0.2) is 11.5 Å². The zero-order valence-corrected chi connectivity index (χ0v) is 14.6. The van der Waals surface area contributed by atoms with Crippen molar-refractivity contribution in [2.75, 3.05) is 14.2 Å². The van der Waals surface area contributed by atoms with Gasteiger partial charge in [-0.05, 0) is 24.3 Å². The van der Waals surface area contributed by atoms with Crippen molar-refractivity contribution in [2.45, 2.75) is 12.5 Å². The van der Waals surface area contributed by atoms with Crippen LogP contribution in [-0.2, 0) is 10.9 Å². The van der Waals surface area contributed by atoms with Crippen LogP contribution >= 0.6 is 0 Å². The van der Waals surface area contributed by atoms with Crippen molar-refractivity contribution in [3.63, 3.8) is 0 Å². The highest BCUT2D eigenvalue weighted by Crippen LogP contribution is 2.40. The molecule has 0 fully saturated rings. The van der Waals surface area contributed by atoms with Gasteiger partial charge in [0.2, 0.25) is 0 Å². The number of hydrogen-bond donors (Lipinski definition) is 0. The number of methoxy groups -OCH3 is 2. The van der Waals surface area contributed by atoms with E-state index in [9.17, 15) is 35.5 Å². The molecule has 0 aliphatic rings. The van der Waals surface area contributed by atoms with E-state index in [-0.39, 0.29) is 11.8 Å². The summed E-state index contributed by atoms with van der Waals surface area (Å²) in [5.74, 6) is -5.29. The minimum atomic E-state index is -5.00. The average Bonchev–Trinajstić information content (AvgIpc) is 2.60. The van der Waals surface area contributed by atoms with Crippen LogP contribution in [0, 0.1) is 5.82 Å². The predicted molar refractivity (Wildman–Crippen MR) is 82.5 cm³/mol. The number of ether oxygens (including phenoxy) is 4. The summed E-state index contributed by atoms with van der Waals surface area (Å²) in [7, 11) is 1.90. The zero-order valence-electron chi connectivity index (χ0n) is 14.6. The van der Waals surface area contributed by atoms with Crippen LogP contribution in [0.3, 0.4) is 0 Å². The highest BCUT2D eigenvalue weighted by molar-refractivity contribution is 5.93. The normalized spacial score (nSPS) is 11.8. The number of benzene rings is 2. The second-order valence-corrected chi connectivity index (χ2v) is 5.28. The first-order valence-electron chi connectivity index (χ1n) is 7.46. The van der Waals surface area contributed by atoms with Crippen molar-refractivity contribution in [3.8, 4) is 23.0 Å². The van der Waals surface area contributed by atoms with Gasteiger partial charge in [-0.25, -0.2) is 9.18 Å². The third-order valence-electron chi connectivity index (χ3n) is 3.36. The number of rotatable bonds is 5. The fraction of sp³-hybridized carbons (Fsp3) is 0.235. The lowest BCUT2D eigenvalue weighted by Crippen LogP contribution is -2.17. The fourth-order valence-corrected chi connectivity index (χ4v) is 2.17. The lowest BCUT2D eigenvalue weighted by Gasteiger charge is -2.17. The molecule has 0 aromatic heterocycles. The van der Waals surface area contributed by atoms with Crippen molar-refractivity contribution < 1.29 is 54.5 Å². The molecule has 0 heterocycles. The lowest BCUT2D eigenvalue weighted by molar-refractivity contribution is -0.274. The van der Waals surface area contributed by atoms with Crippen LogP contribution in [0.25, 0.3) is 0 Å². The van der Waals surface area contributed by atoms with Gasteiger partial charge in [-0.3, -0.25) is 0 Å². The number of carbonyl (C=O) groups is 1. The molecule has 12 heteroatoms. The summed E-state index contributed by atoms with van der Waals surface area (Å²) in [6.07, 6.45) is -9.97. The topological polar surface area (TPSA) is 54.0 Å². The second kappa shape index (κ2) is 8.05. The van der Waals surface area contributed by atoms with Crippen LogP contribution in [0.2, 0.25) is 0 Å². The number of halogens is 7. The second-order valence-electron chi connectivity index (χ2n) is 5.28.